The highest BCUT2D eigenvalue weighted by atomic mass is 35.5. The van der Waals surface area contributed by atoms with Crippen LogP contribution in [-0.2, 0) is 5.54 Å². The number of hydrogen-bond acceptors (Lipinski definition) is 2. The molecular formula is C42H32Cl2N2. The second-order valence-electron chi connectivity index (χ2n) is 11.3. The van der Waals surface area contributed by atoms with Crippen LogP contribution < -0.4 is 9.80 Å². The molecule has 1 unspecified atom stereocenters. The lowest BCUT2D eigenvalue weighted by Gasteiger charge is -2.45. The fourth-order valence-electron chi connectivity index (χ4n) is 6.32. The number of benzene rings is 6. The smallest absolute Gasteiger partial charge is 0.0923 e. The average molecular weight is 636 g/mol. The van der Waals surface area contributed by atoms with E-state index in [1.807, 2.05) is 42.5 Å². The lowest BCUT2D eigenvalue weighted by atomic mass is 9.79. The van der Waals surface area contributed by atoms with Crippen LogP contribution in [0.2, 0.25) is 10.0 Å². The molecule has 0 aromatic heterocycles. The summed E-state index contributed by atoms with van der Waals surface area (Å²) in [5.74, 6) is 0. The van der Waals surface area contributed by atoms with E-state index < -0.39 is 5.54 Å². The maximum Gasteiger partial charge on any atom is 0.0923 e. The van der Waals surface area contributed by atoms with Crippen molar-refractivity contribution in [2.24, 2.45) is 0 Å². The molecule has 0 saturated carbocycles. The normalized spacial score (nSPS) is 15.7. The summed E-state index contributed by atoms with van der Waals surface area (Å²) in [7, 11) is 0. The molecule has 1 aliphatic rings. The number of nitrogens with zero attached hydrogens (tertiary/aromatic N) is 2. The van der Waals surface area contributed by atoms with Crippen molar-refractivity contribution in [3.05, 3.63) is 203 Å². The lowest BCUT2D eigenvalue weighted by Crippen LogP contribution is -2.42. The van der Waals surface area contributed by atoms with E-state index in [9.17, 15) is 0 Å². The van der Waals surface area contributed by atoms with E-state index >= 15 is 0 Å². The van der Waals surface area contributed by atoms with Gasteiger partial charge in [-0.3, -0.25) is 0 Å². The van der Waals surface area contributed by atoms with Crippen LogP contribution in [0.1, 0.15) is 17.5 Å². The van der Waals surface area contributed by atoms with E-state index in [0.29, 0.717) is 10.0 Å². The number of rotatable bonds is 8. The summed E-state index contributed by atoms with van der Waals surface area (Å²) in [5, 5.41) is 1.41. The highest BCUT2D eigenvalue weighted by Gasteiger charge is 2.38. The van der Waals surface area contributed by atoms with Gasteiger partial charge in [0.15, 0.2) is 0 Å². The van der Waals surface area contributed by atoms with Crippen molar-refractivity contribution >= 4 is 57.2 Å². The van der Waals surface area contributed by atoms with Crippen molar-refractivity contribution in [1.29, 1.82) is 0 Å². The Morgan fingerprint density at radius 2 is 1.00 bits per heavy atom. The summed E-state index contributed by atoms with van der Waals surface area (Å²) in [6.45, 7) is 0. The number of halogens is 2. The van der Waals surface area contributed by atoms with Gasteiger partial charge < -0.3 is 9.80 Å². The van der Waals surface area contributed by atoms with Crippen molar-refractivity contribution in [1.82, 2.24) is 0 Å². The van der Waals surface area contributed by atoms with Gasteiger partial charge in [-0.25, -0.2) is 0 Å². The van der Waals surface area contributed by atoms with E-state index in [-0.39, 0.29) is 0 Å². The SMILES string of the molecule is Clc1cccc(N(c2ccccc2)c2ccc(C3=CCC(c4ccccc4)(N(c4ccccc4)c4cccc(Cl)c4)C=C3)cc2)c1. The Bertz CT molecular complexity index is 1990. The highest BCUT2D eigenvalue weighted by Crippen LogP contribution is 2.47. The Morgan fingerprint density at radius 1 is 0.478 bits per heavy atom. The van der Waals surface area contributed by atoms with Crippen LogP contribution >= 0.6 is 23.2 Å². The van der Waals surface area contributed by atoms with Gasteiger partial charge in [-0.1, -0.05) is 132 Å². The predicted molar refractivity (Wildman–Crippen MR) is 196 cm³/mol. The Balaban J connectivity index is 1.27. The molecule has 0 radical (unpaired) electrons. The summed E-state index contributed by atoms with van der Waals surface area (Å²) < 4.78 is 0. The molecule has 0 spiro atoms. The van der Waals surface area contributed by atoms with Crippen LogP contribution in [-0.4, -0.2) is 0 Å². The van der Waals surface area contributed by atoms with Crippen LogP contribution in [0.4, 0.5) is 28.4 Å². The van der Waals surface area contributed by atoms with Crippen LogP contribution in [0.15, 0.2) is 182 Å². The maximum absolute atomic E-state index is 6.56. The zero-order valence-electron chi connectivity index (χ0n) is 25.2. The molecule has 6 aromatic rings. The van der Waals surface area contributed by atoms with Crippen molar-refractivity contribution in [2.75, 3.05) is 9.80 Å². The topological polar surface area (TPSA) is 6.48 Å². The number of para-hydroxylation sites is 2. The predicted octanol–water partition coefficient (Wildman–Crippen LogP) is 12.5. The van der Waals surface area contributed by atoms with E-state index in [1.165, 1.54) is 11.1 Å². The minimum Gasteiger partial charge on any atom is -0.327 e. The standard InChI is InChI=1S/C42H32Cl2N2/c43-35-14-10-20-40(30-35)45(37-16-6-2-7-17-37)38-24-22-32(23-25-38)33-26-28-42(29-27-33,34-12-4-1-5-13-34)46(39-18-8-3-9-19-39)41-21-11-15-36(44)31-41/h1-28,30-31H,29H2. The van der Waals surface area contributed by atoms with Crippen LogP contribution in [0.5, 0.6) is 0 Å². The molecule has 224 valence electrons. The summed E-state index contributed by atoms with van der Waals surface area (Å²) in [6, 6.07) is 56.5. The second-order valence-corrected chi connectivity index (χ2v) is 12.2. The monoisotopic (exact) mass is 634 g/mol. The number of allylic oxidation sites excluding steroid dienone is 2. The lowest BCUT2D eigenvalue weighted by molar-refractivity contribution is 0.548. The van der Waals surface area contributed by atoms with Crippen LogP contribution in [0.3, 0.4) is 0 Å². The van der Waals surface area contributed by atoms with Gasteiger partial charge in [-0.15, -0.1) is 0 Å². The molecule has 0 amide bonds. The number of anilines is 5. The molecule has 0 saturated heterocycles. The first kappa shape index (κ1) is 29.7. The van der Waals surface area contributed by atoms with Crippen molar-refractivity contribution in [3.63, 3.8) is 0 Å². The van der Waals surface area contributed by atoms with Gasteiger partial charge in [-0.05, 0) is 95.9 Å². The third-order valence-electron chi connectivity index (χ3n) is 8.46. The van der Waals surface area contributed by atoms with E-state index in [2.05, 4.69) is 149 Å². The van der Waals surface area contributed by atoms with Gasteiger partial charge in [0.1, 0.15) is 0 Å². The first-order valence-electron chi connectivity index (χ1n) is 15.4. The molecule has 2 nitrogen and oxygen atoms in total. The zero-order chi connectivity index (χ0) is 31.3. The Kier molecular flexibility index (Phi) is 8.48. The zero-order valence-corrected chi connectivity index (χ0v) is 26.7. The first-order chi connectivity index (χ1) is 22.6. The molecule has 46 heavy (non-hydrogen) atoms. The summed E-state index contributed by atoms with van der Waals surface area (Å²) in [6.07, 6.45) is 7.73. The van der Waals surface area contributed by atoms with Gasteiger partial charge in [-0.2, -0.15) is 0 Å². The van der Waals surface area contributed by atoms with Gasteiger partial charge in [0, 0.05) is 38.5 Å². The molecule has 1 atom stereocenters. The molecule has 6 aromatic carbocycles. The quantitative estimate of drug-likeness (QED) is 0.164. The van der Waals surface area contributed by atoms with Gasteiger partial charge in [0.2, 0.25) is 0 Å². The molecule has 1 aliphatic carbocycles. The maximum atomic E-state index is 6.56. The molecule has 0 bridgehead atoms. The molecule has 0 heterocycles. The molecule has 7 rings (SSSR count). The minimum absolute atomic E-state index is 0.465. The Labute approximate surface area is 281 Å². The fraction of sp³-hybridized carbons (Fsp3) is 0.0476. The summed E-state index contributed by atoms with van der Waals surface area (Å²) in [4.78, 5) is 4.63. The largest absolute Gasteiger partial charge is 0.327 e. The molecule has 0 aliphatic heterocycles. The second kappa shape index (κ2) is 13.1. The summed E-state index contributed by atoms with van der Waals surface area (Å²) in [5.41, 5.74) is 8.38. The van der Waals surface area contributed by atoms with E-state index in [4.69, 9.17) is 23.2 Å². The van der Waals surface area contributed by atoms with Gasteiger partial charge in [0.25, 0.3) is 0 Å². The van der Waals surface area contributed by atoms with Gasteiger partial charge in [0.05, 0.1) is 5.54 Å². The highest BCUT2D eigenvalue weighted by molar-refractivity contribution is 6.31. The van der Waals surface area contributed by atoms with Crippen molar-refractivity contribution in [3.8, 4) is 0 Å². The van der Waals surface area contributed by atoms with Crippen molar-refractivity contribution in [2.45, 2.75) is 12.0 Å². The van der Waals surface area contributed by atoms with E-state index in [0.717, 1.165) is 40.4 Å². The van der Waals surface area contributed by atoms with Crippen LogP contribution in [0, 0.1) is 0 Å². The molecule has 0 fully saturated rings. The van der Waals surface area contributed by atoms with E-state index in [1.54, 1.807) is 0 Å². The fourth-order valence-corrected chi connectivity index (χ4v) is 6.69. The third kappa shape index (κ3) is 5.98. The molecular weight excluding hydrogens is 603 g/mol. The van der Waals surface area contributed by atoms with Crippen LogP contribution in [0.25, 0.3) is 5.57 Å². The summed E-state index contributed by atoms with van der Waals surface area (Å²) >= 11 is 13.0. The average Bonchev–Trinajstić information content (AvgIpc) is 3.11. The molecule has 0 N–H and O–H groups in total. The Morgan fingerprint density at radius 3 is 1.59 bits per heavy atom. The van der Waals surface area contributed by atoms with Crippen molar-refractivity contribution < 1.29 is 0 Å². The minimum atomic E-state index is -0.465. The Hall–Kier alpha value is -5.02. The first-order valence-corrected chi connectivity index (χ1v) is 16.1. The number of hydrogen-bond donors (Lipinski definition) is 0. The molecule has 4 heteroatoms. The van der Waals surface area contributed by atoms with Gasteiger partial charge >= 0.3 is 0 Å². The third-order valence-corrected chi connectivity index (χ3v) is 8.94.